The number of aromatic carboxylic acids is 1. The first-order valence-corrected chi connectivity index (χ1v) is 13.6. The van der Waals surface area contributed by atoms with Gasteiger partial charge >= 0.3 is 11.9 Å². The average Bonchev–Trinajstić information content (AvgIpc) is 3.28. The summed E-state index contributed by atoms with van der Waals surface area (Å²) in [7, 11) is 0. The number of fused-ring (bicyclic) bond motifs is 1. The fraction of sp³-hybridized carbons (Fsp3) is 0.161. The molecule has 0 saturated carbocycles. The summed E-state index contributed by atoms with van der Waals surface area (Å²) in [6, 6.07) is 22.1. The lowest BCUT2D eigenvalue weighted by atomic mass is 9.93. The topological polar surface area (TPSA) is 107 Å². The van der Waals surface area contributed by atoms with Crippen LogP contribution >= 0.6 is 11.3 Å². The van der Waals surface area contributed by atoms with Crippen LogP contribution < -0.4 is 19.6 Å². The van der Waals surface area contributed by atoms with E-state index in [-0.39, 0.29) is 23.3 Å². The Hall–Kier alpha value is -4.76. The smallest absolute Gasteiger partial charge is 0.338 e. The van der Waals surface area contributed by atoms with Crippen molar-refractivity contribution in [3.63, 3.8) is 0 Å². The number of rotatable bonds is 8. The third-order valence-corrected chi connectivity index (χ3v) is 7.32. The summed E-state index contributed by atoms with van der Waals surface area (Å²) >= 11 is 1.20. The van der Waals surface area contributed by atoms with Gasteiger partial charge < -0.3 is 14.6 Å². The molecule has 0 unspecified atom stereocenters. The molecular weight excluding hydrogens is 528 g/mol. The van der Waals surface area contributed by atoms with Crippen LogP contribution in [0.5, 0.6) is 5.75 Å². The van der Waals surface area contributed by atoms with Crippen molar-refractivity contribution >= 4 is 35.0 Å². The number of benzene rings is 3. The standard InChI is InChI=1S/C31H26N2O6S/c1-3-38-23-16-14-21(15-17-23)27-25(30(37)39-4-2)26(20-8-6-5-7-9-20)32-31-33(27)28(34)24(40-31)18-19-10-12-22(13-11-19)29(35)36/h5-18,27H,3-4H2,1-2H3,(H,35,36)/b24-18-/t27-/m1/s1. The van der Waals surface area contributed by atoms with E-state index in [2.05, 4.69) is 0 Å². The number of aromatic nitrogens is 1. The first kappa shape index (κ1) is 26.8. The lowest BCUT2D eigenvalue weighted by molar-refractivity contribution is -0.138. The van der Waals surface area contributed by atoms with Crippen molar-refractivity contribution in [1.29, 1.82) is 0 Å². The number of carboxylic acid groups (broad SMARTS) is 1. The highest BCUT2D eigenvalue weighted by molar-refractivity contribution is 7.07. The Morgan fingerprint density at radius 3 is 2.30 bits per heavy atom. The molecule has 0 aliphatic carbocycles. The van der Waals surface area contributed by atoms with Crippen LogP contribution in [-0.4, -0.2) is 34.8 Å². The summed E-state index contributed by atoms with van der Waals surface area (Å²) in [4.78, 5) is 43.9. The Bertz CT molecular complexity index is 1770. The van der Waals surface area contributed by atoms with Crippen LogP contribution in [0.2, 0.25) is 0 Å². The minimum atomic E-state index is -1.03. The summed E-state index contributed by atoms with van der Waals surface area (Å²) < 4.78 is 13.0. The van der Waals surface area contributed by atoms with Crippen molar-refractivity contribution in [2.24, 2.45) is 4.99 Å². The molecule has 2 heterocycles. The molecule has 3 aromatic carbocycles. The number of ether oxygens (including phenoxy) is 2. The number of carboxylic acids is 1. The first-order chi connectivity index (χ1) is 19.4. The Morgan fingerprint density at radius 2 is 1.68 bits per heavy atom. The fourth-order valence-corrected chi connectivity index (χ4v) is 5.54. The molecule has 9 heteroatoms. The highest BCUT2D eigenvalue weighted by Gasteiger charge is 2.35. The molecule has 1 N–H and O–H groups in total. The monoisotopic (exact) mass is 554 g/mol. The van der Waals surface area contributed by atoms with Gasteiger partial charge in [0.05, 0.1) is 40.6 Å². The number of carbonyl (C=O) groups excluding carboxylic acids is 1. The third-order valence-electron chi connectivity index (χ3n) is 6.34. The van der Waals surface area contributed by atoms with E-state index in [9.17, 15) is 19.5 Å². The van der Waals surface area contributed by atoms with Crippen molar-refractivity contribution in [2.45, 2.75) is 19.9 Å². The molecule has 1 aromatic heterocycles. The average molecular weight is 555 g/mol. The van der Waals surface area contributed by atoms with Crippen LogP contribution in [0.4, 0.5) is 0 Å². The zero-order chi connectivity index (χ0) is 28.2. The lowest BCUT2D eigenvalue weighted by Gasteiger charge is -2.26. The van der Waals surface area contributed by atoms with E-state index >= 15 is 0 Å². The summed E-state index contributed by atoms with van der Waals surface area (Å²) in [6.07, 6.45) is 1.70. The zero-order valence-electron chi connectivity index (χ0n) is 21.9. The lowest BCUT2D eigenvalue weighted by Crippen LogP contribution is -2.40. The molecule has 1 aliphatic heterocycles. The molecule has 0 bridgehead atoms. The van der Waals surface area contributed by atoms with Crippen LogP contribution in [0.1, 0.15) is 46.9 Å². The van der Waals surface area contributed by atoms with Crippen LogP contribution in [-0.2, 0) is 9.53 Å². The molecule has 0 radical (unpaired) electrons. The molecule has 0 amide bonds. The van der Waals surface area contributed by atoms with Gasteiger partial charge in [-0.25, -0.2) is 14.6 Å². The van der Waals surface area contributed by atoms with Gasteiger partial charge in [0, 0.05) is 5.56 Å². The molecule has 1 aliphatic rings. The van der Waals surface area contributed by atoms with E-state index in [1.807, 2.05) is 61.5 Å². The Morgan fingerprint density at radius 1 is 0.975 bits per heavy atom. The van der Waals surface area contributed by atoms with Crippen molar-refractivity contribution < 1.29 is 24.2 Å². The Labute approximate surface area is 233 Å². The maximum atomic E-state index is 13.9. The van der Waals surface area contributed by atoms with E-state index in [1.54, 1.807) is 25.1 Å². The van der Waals surface area contributed by atoms with Crippen molar-refractivity contribution in [3.05, 3.63) is 126 Å². The summed E-state index contributed by atoms with van der Waals surface area (Å²) in [5.41, 5.74) is 2.63. The van der Waals surface area contributed by atoms with Crippen LogP contribution in [0, 0.1) is 0 Å². The largest absolute Gasteiger partial charge is 0.494 e. The molecule has 0 fully saturated rings. The minimum absolute atomic E-state index is 0.153. The second-order valence-corrected chi connectivity index (χ2v) is 9.87. The van der Waals surface area contributed by atoms with Gasteiger partial charge in [0.15, 0.2) is 4.80 Å². The van der Waals surface area contributed by atoms with Crippen LogP contribution in [0.25, 0.3) is 11.8 Å². The highest BCUT2D eigenvalue weighted by atomic mass is 32.1. The summed E-state index contributed by atoms with van der Waals surface area (Å²) in [5, 5.41) is 9.21. The molecule has 8 nitrogen and oxygen atoms in total. The van der Waals surface area contributed by atoms with Gasteiger partial charge in [-0.1, -0.05) is 65.9 Å². The minimum Gasteiger partial charge on any atom is -0.494 e. The molecule has 0 spiro atoms. The number of hydrogen-bond acceptors (Lipinski definition) is 7. The SMILES string of the molecule is CCOC(=O)C1=C(c2ccccc2)N=c2s/c(=C\c3ccc(C(=O)O)cc3)c(=O)n2[C@@H]1c1ccc(OCC)cc1. The number of hydrogen-bond donors (Lipinski definition) is 1. The summed E-state index contributed by atoms with van der Waals surface area (Å²) in [6.45, 7) is 4.30. The van der Waals surface area contributed by atoms with Crippen LogP contribution in [0.3, 0.4) is 0 Å². The Balaban J connectivity index is 1.76. The first-order valence-electron chi connectivity index (χ1n) is 12.8. The zero-order valence-corrected chi connectivity index (χ0v) is 22.7. The predicted molar refractivity (Wildman–Crippen MR) is 152 cm³/mol. The van der Waals surface area contributed by atoms with Crippen molar-refractivity contribution in [1.82, 2.24) is 4.57 Å². The maximum absolute atomic E-state index is 13.9. The van der Waals surface area contributed by atoms with E-state index in [1.165, 1.54) is 28.0 Å². The predicted octanol–water partition coefficient (Wildman–Crippen LogP) is 4.03. The fourth-order valence-electron chi connectivity index (χ4n) is 4.54. The molecule has 5 rings (SSSR count). The highest BCUT2D eigenvalue weighted by Crippen LogP contribution is 2.35. The van der Waals surface area contributed by atoms with E-state index < -0.39 is 18.0 Å². The van der Waals surface area contributed by atoms with E-state index in [0.29, 0.717) is 38.5 Å². The van der Waals surface area contributed by atoms with Gasteiger partial charge in [-0.15, -0.1) is 0 Å². The van der Waals surface area contributed by atoms with Crippen molar-refractivity contribution in [2.75, 3.05) is 13.2 Å². The van der Waals surface area contributed by atoms with Crippen LogP contribution in [0.15, 0.2) is 94.2 Å². The number of nitrogens with zero attached hydrogens (tertiary/aromatic N) is 2. The quantitative estimate of drug-likeness (QED) is 0.330. The van der Waals surface area contributed by atoms with Gasteiger partial charge in [-0.2, -0.15) is 0 Å². The number of carbonyl (C=O) groups is 2. The third kappa shape index (κ3) is 5.23. The maximum Gasteiger partial charge on any atom is 0.338 e. The molecule has 40 heavy (non-hydrogen) atoms. The van der Waals surface area contributed by atoms with E-state index in [0.717, 1.165) is 5.56 Å². The van der Waals surface area contributed by atoms with Gasteiger partial charge in [-0.3, -0.25) is 9.36 Å². The molecule has 0 saturated heterocycles. The second-order valence-electron chi connectivity index (χ2n) is 8.86. The molecule has 1 atom stereocenters. The Kier molecular flexibility index (Phi) is 7.75. The van der Waals surface area contributed by atoms with Gasteiger partial charge in [0.2, 0.25) is 0 Å². The van der Waals surface area contributed by atoms with Gasteiger partial charge in [0.25, 0.3) is 5.56 Å². The molecule has 202 valence electrons. The van der Waals surface area contributed by atoms with Gasteiger partial charge in [0.1, 0.15) is 5.75 Å². The number of thiazole rings is 1. The normalized spacial score (nSPS) is 14.8. The number of esters is 1. The molecular formula is C31H26N2O6S. The molecule has 4 aromatic rings. The van der Waals surface area contributed by atoms with Gasteiger partial charge in [-0.05, 0) is 55.3 Å². The second kappa shape index (κ2) is 11.5. The summed E-state index contributed by atoms with van der Waals surface area (Å²) in [5.74, 6) is -0.905. The van der Waals surface area contributed by atoms with Crippen molar-refractivity contribution in [3.8, 4) is 5.75 Å². The van der Waals surface area contributed by atoms with E-state index in [4.69, 9.17) is 14.5 Å².